The fourth-order valence-corrected chi connectivity index (χ4v) is 1.92. The maximum absolute atomic E-state index is 12.0. The van der Waals surface area contributed by atoms with Crippen LogP contribution in [0.1, 0.15) is 31.9 Å². The number of hydrogen-bond acceptors (Lipinski definition) is 4. The molecule has 0 saturated heterocycles. The van der Waals surface area contributed by atoms with Gasteiger partial charge in [0.1, 0.15) is 0 Å². The molecule has 0 aliphatic rings. The molecule has 1 aromatic carbocycles. The maximum Gasteiger partial charge on any atom is 0.337 e. The number of carboxylic acids is 1. The Labute approximate surface area is 138 Å². The van der Waals surface area contributed by atoms with Crippen LogP contribution in [0.3, 0.4) is 0 Å². The fourth-order valence-electron chi connectivity index (χ4n) is 1.80. The minimum atomic E-state index is -2.06. The number of amides is 2. The van der Waals surface area contributed by atoms with Gasteiger partial charge in [0.05, 0.1) is 19.0 Å². The minimum Gasteiger partial charge on any atom is -0.479 e. The molecule has 0 saturated carbocycles. The van der Waals surface area contributed by atoms with Gasteiger partial charge in [-0.15, -0.1) is 0 Å². The Hall–Kier alpha value is -2.12. The summed E-state index contributed by atoms with van der Waals surface area (Å²) in [7, 11) is 0. The summed E-state index contributed by atoms with van der Waals surface area (Å²) in [4.78, 5) is 34.0. The SMILES string of the molecule is CC(=O)NC(CC(=O)NCC(C)(O)C(=O)O)c1ccc(Cl)cc1. The van der Waals surface area contributed by atoms with Gasteiger partial charge in [-0.2, -0.15) is 0 Å². The first kappa shape index (κ1) is 18.9. The highest BCUT2D eigenvalue weighted by Gasteiger charge is 2.30. The molecule has 2 amide bonds. The third-order valence-electron chi connectivity index (χ3n) is 3.13. The Balaban J connectivity index is 2.74. The lowest BCUT2D eigenvalue weighted by Crippen LogP contribution is -2.47. The number of nitrogens with one attached hydrogen (secondary N) is 2. The van der Waals surface area contributed by atoms with Gasteiger partial charge in [-0.1, -0.05) is 23.7 Å². The van der Waals surface area contributed by atoms with Gasteiger partial charge in [0.2, 0.25) is 11.8 Å². The highest BCUT2D eigenvalue weighted by molar-refractivity contribution is 6.30. The van der Waals surface area contributed by atoms with Crippen LogP contribution in [-0.2, 0) is 14.4 Å². The summed E-state index contributed by atoms with van der Waals surface area (Å²) < 4.78 is 0. The summed E-state index contributed by atoms with van der Waals surface area (Å²) >= 11 is 5.81. The third kappa shape index (κ3) is 6.25. The number of aliphatic carboxylic acids is 1. The summed E-state index contributed by atoms with van der Waals surface area (Å²) in [5.74, 6) is -2.25. The van der Waals surface area contributed by atoms with Gasteiger partial charge < -0.3 is 20.8 Å². The minimum absolute atomic E-state index is 0.100. The molecule has 0 aromatic heterocycles. The van der Waals surface area contributed by atoms with Crippen molar-refractivity contribution in [2.75, 3.05) is 6.54 Å². The van der Waals surface area contributed by atoms with Gasteiger partial charge in [-0.3, -0.25) is 9.59 Å². The van der Waals surface area contributed by atoms with Crippen molar-refractivity contribution >= 4 is 29.4 Å². The van der Waals surface area contributed by atoms with Crippen molar-refractivity contribution < 1.29 is 24.6 Å². The van der Waals surface area contributed by atoms with E-state index < -0.39 is 30.1 Å². The summed E-state index contributed by atoms with van der Waals surface area (Å²) in [6.45, 7) is 1.98. The standard InChI is InChI=1S/C15H19ClN2O5/c1-9(19)18-12(10-3-5-11(16)6-4-10)7-13(20)17-8-15(2,23)14(21)22/h3-6,12,23H,7-8H2,1-2H3,(H,17,20)(H,18,19)(H,21,22). The molecular formula is C15H19ClN2O5. The van der Waals surface area contributed by atoms with Crippen LogP contribution in [0.4, 0.5) is 0 Å². The van der Waals surface area contributed by atoms with E-state index in [2.05, 4.69) is 10.6 Å². The second kappa shape index (κ2) is 7.94. The molecule has 1 aromatic rings. The molecule has 0 radical (unpaired) electrons. The van der Waals surface area contributed by atoms with E-state index in [9.17, 15) is 19.5 Å². The van der Waals surface area contributed by atoms with Crippen LogP contribution in [0.5, 0.6) is 0 Å². The molecular weight excluding hydrogens is 324 g/mol. The van der Waals surface area contributed by atoms with Gasteiger partial charge in [0.15, 0.2) is 5.60 Å². The Morgan fingerprint density at radius 3 is 2.30 bits per heavy atom. The predicted octanol–water partition coefficient (Wildman–Crippen LogP) is 0.859. The van der Waals surface area contributed by atoms with Crippen LogP contribution < -0.4 is 10.6 Å². The molecule has 0 aliphatic carbocycles. The summed E-state index contributed by atoms with van der Waals surface area (Å²) in [6, 6.07) is 6.06. The smallest absolute Gasteiger partial charge is 0.337 e. The zero-order valence-corrected chi connectivity index (χ0v) is 13.6. The van der Waals surface area contributed by atoms with Crippen molar-refractivity contribution in [3.05, 3.63) is 34.9 Å². The maximum atomic E-state index is 12.0. The molecule has 7 nitrogen and oxygen atoms in total. The van der Waals surface area contributed by atoms with Gasteiger partial charge in [-0.05, 0) is 24.6 Å². The van der Waals surface area contributed by atoms with Crippen LogP contribution >= 0.6 is 11.6 Å². The van der Waals surface area contributed by atoms with Crippen molar-refractivity contribution in [2.24, 2.45) is 0 Å². The molecule has 8 heteroatoms. The molecule has 0 heterocycles. The molecule has 0 bridgehead atoms. The van der Waals surface area contributed by atoms with Crippen LogP contribution in [0.25, 0.3) is 0 Å². The van der Waals surface area contributed by atoms with Crippen LogP contribution in [0.2, 0.25) is 5.02 Å². The molecule has 4 N–H and O–H groups in total. The molecule has 0 spiro atoms. The van der Waals surface area contributed by atoms with Crippen LogP contribution in [0.15, 0.2) is 24.3 Å². The van der Waals surface area contributed by atoms with Crippen LogP contribution in [-0.4, -0.2) is 40.1 Å². The largest absolute Gasteiger partial charge is 0.479 e. The Kier molecular flexibility index (Phi) is 6.53. The third-order valence-corrected chi connectivity index (χ3v) is 3.38. The van der Waals surface area contributed by atoms with E-state index in [4.69, 9.17) is 16.7 Å². The summed E-state index contributed by atoms with van der Waals surface area (Å²) in [5.41, 5.74) is -1.37. The number of rotatable bonds is 7. The van der Waals surface area contributed by atoms with Crippen molar-refractivity contribution in [2.45, 2.75) is 31.9 Å². The lowest BCUT2D eigenvalue weighted by molar-refractivity contribution is -0.156. The van der Waals surface area contributed by atoms with E-state index in [0.29, 0.717) is 10.6 Å². The number of hydrogen-bond donors (Lipinski definition) is 4. The Morgan fingerprint density at radius 1 is 1.26 bits per heavy atom. The highest BCUT2D eigenvalue weighted by Crippen LogP contribution is 2.19. The van der Waals surface area contributed by atoms with Crippen molar-refractivity contribution in [3.63, 3.8) is 0 Å². The second-order valence-corrected chi connectivity index (χ2v) is 5.80. The number of carboxylic acid groups (broad SMARTS) is 1. The van der Waals surface area contributed by atoms with Gasteiger partial charge in [0, 0.05) is 11.9 Å². The predicted molar refractivity (Wildman–Crippen MR) is 83.9 cm³/mol. The summed E-state index contributed by atoms with van der Waals surface area (Å²) in [6.07, 6.45) is -0.100. The number of benzene rings is 1. The quantitative estimate of drug-likeness (QED) is 0.586. The highest BCUT2D eigenvalue weighted by atomic mass is 35.5. The zero-order valence-electron chi connectivity index (χ0n) is 12.8. The first-order chi connectivity index (χ1) is 10.6. The first-order valence-corrected chi connectivity index (χ1v) is 7.24. The van der Waals surface area contributed by atoms with E-state index in [1.54, 1.807) is 24.3 Å². The van der Waals surface area contributed by atoms with E-state index in [1.165, 1.54) is 6.92 Å². The lowest BCUT2D eigenvalue weighted by atomic mass is 10.0. The van der Waals surface area contributed by atoms with E-state index >= 15 is 0 Å². The average Bonchev–Trinajstić information content (AvgIpc) is 2.44. The van der Waals surface area contributed by atoms with E-state index in [0.717, 1.165) is 6.92 Å². The van der Waals surface area contributed by atoms with Gasteiger partial charge in [-0.25, -0.2) is 4.79 Å². The van der Waals surface area contributed by atoms with Crippen LogP contribution in [0, 0.1) is 0 Å². The molecule has 0 aliphatic heterocycles. The molecule has 1 rings (SSSR count). The molecule has 2 unspecified atom stereocenters. The van der Waals surface area contributed by atoms with Gasteiger partial charge in [0.25, 0.3) is 0 Å². The van der Waals surface area contributed by atoms with E-state index in [1.807, 2.05) is 0 Å². The molecule has 2 atom stereocenters. The van der Waals surface area contributed by atoms with Crippen molar-refractivity contribution in [3.8, 4) is 0 Å². The number of halogens is 1. The zero-order chi connectivity index (χ0) is 17.6. The van der Waals surface area contributed by atoms with E-state index in [-0.39, 0.29) is 12.3 Å². The van der Waals surface area contributed by atoms with Crippen molar-refractivity contribution in [1.29, 1.82) is 0 Å². The van der Waals surface area contributed by atoms with Gasteiger partial charge >= 0.3 is 5.97 Å². The molecule has 0 fully saturated rings. The first-order valence-electron chi connectivity index (χ1n) is 6.87. The normalized spacial score (nSPS) is 14.4. The molecule has 23 heavy (non-hydrogen) atoms. The second-order valence-electron chi connectivity index (χ2n) is 5.36. The summed E-state index contributed by atoms with van der Waals surface area (Å²) in [5, 5.41) is 23.9. The Morgan fingerprint density at radius 2 is 1.83 bits per heavy atom. The topological polar surface area (TPSA) is 116 Å². The lowest BCUT2D eigenvalue weighted by Gasteiger charge is -2.21. The monoisotopic (exact) mass is 342 g/mol. The Bertz CT molecular complexity index is 586. The van der Waals surface area contributed by atoms with Crippen molar-refractivity contribution in [1.82, 2.24) is 10.6 Å². The number of carbonyl (C=O) groups is 3. The number of carbonyl (C=O) groups excluding carboxylic acids is 2. The molecule has 126 valence electrons. The fraction of sp³-hybridized carbons (Fsp3) is 0.400. The number of aliphatic hydroxyl groups is 1. The average molecular weight is 343 g/mol.